The molecule has 7 heteroatoms. The van der Waals surface area contributed by atoms with Crippen LogP contribution in [-0.2, 0) is 16.0 Å². The number of thiophene rings is 1. The molecule has 0 aliphatic rings. The maximum Gasteiger partial charge on any atom is 0.410 e. The molecule has 5 nitrogen and oxygen atoms in total. The zero-order valence-electron chi connectivity index (χ0n) is 14.0. The number of hydrogen-bond acceptors (Lipinski definition) is 4. The molecule has 2 aromatic rings. The lowest BCUT2D eigenvalue weighted by Crippen LogP contribution is -2.46. The first-order valence-electron chi connectivity index (χ1n) is 7.43. The molecule has 0 saturated heterocycles. The lowest BCUT2D eigenvalue weighted by atomic mass is 10.0. The fraction of sp³-hybridized carbons (Fsp3) is 0.412. The number of benzene rings is 1. The molecule has 1 heterocycles. The highest BCUT2D eigenvalue weighted by molar-refractivity contribution is 7.17. The number of carbonyl (C=O) groups excluding carboxylic acids is 1. The van der Waals surface area contributed by atoms with Gasteiger partial charge in [0.25, 0.3) is 0 Å². The summed E-state index contributed by atoms with van der Waals surface area (Å²) in [4.78, 5) is 25.0. The summed E-state index contributed by atoms with van der Waals surface area (Å²) in [6.45, 7) is 5.22. The molecule has 24 heavy (non-hydrogen) atoms. The third kappa shape index (κ3) is 4.39. The van der Waals surface area contributed by atoms with Gasteiger partial charge in [0.15, 0.2) is 0 Å². The van der Waals surface area contributed by atoms with Gasteiger partial charge < -0.3 is 9.84 Å². The Bertz CT molecular complexity index is 766. The van der Waals surface area contributed by atoms with Gasteiger partial charge in [-0.1, -0.05) is 11.6 Å². The van der Waals surface area contributed by atoms with Gasteiger partial charge in [-0.15, -0.1) is 11.3 Å². The Morgan fingerprint density at radius 1 is 1.38 bits per heavy atom. The van der Waals surface area contributed by atoms with E-state index in [1.165, 1.54) is 18.4 Å². The first-order valence-corrected chi connectivity index (χ1v) is 8.68. The lowest BCUT2D eigenvalue weighted by Gasteiger charge is -2.28. The summed E-state index contributed by atoms with van der Waals surface area (Å²) in [6, 6.07) is 4.50. The SMILES string of the molecule is CN(C(=O)OC(C)(C)C)[C@H](Cc1csc2ccc(Cl)cc12)C(=O)O. The lowest BCUT2D eigenvalue weighted by molar-refractivity contribution is -0.142. The first kappa shape index (κ1) is 18.5. The fourth-order valence-electron chi connectivity index (χ4n) is 2.27. The smallest absolute Gasteiger partial charge is 0.410 e. The van der Waals surface area contributed by atoms with Crippen molar-refractivity contribution < 1.29 is 19.4 Å². The number of carbonyl (C=O) groups is 2. The van der Waals surface area contributed by atoms with Crippen molar-refractivity contribution in [2.45, 2.75) is 38.8 Å². The van der Waals surface area contributed by atoms with Crippen molar-refractivity contribution in [3.05, 3.63) is 34.2 Å². The number of amides is 1. The van der Waals surface area contributed by atoms with E-state index in [4.69, 9.17) is 16.3 Å². The summed E-state index contributed by atoms with van der Waals surface area (Å²) in [7, 11) is 1.44. The molecule has 0 fully saturated rings. The van der Waals surface area contributed by atoms with E-state index in [0.29, 0.717) is 5.02 Å². The summed E-state index contributed by atoms with van der Waals surface area (Å²) < 4.78 is 6.29. The number of hydrogen-bond donors (Lipinski definition) is 1. The molecule has 2 rings (SSSR count). The summed E-state index contributed by atoms with van der Waals surface area (Å²) in [5, 5.41) is 13.0. The number of fused-ring (bicyclic) bond motifs is 1. The van der Waals surface area contributed by atoms with Crippen LogP contribution in [0.4, 0.5) is 4.79 Å². The van der Waals surface area contributed by atoms with E-state index < -0.39 is 23.7 Å². The zero-order chi connectivity index (χ0) is 18.1. The molecule has 130 valence electrons. The minimum absolute atomic E-state index is 0.186. The number of rotatable bonds is 4. The Labute approximate surface area is 149 Å². The topological polar surface area (TPSA) is 66.8 Å². The molecular formula is C17H20ClNO4S. The van der Waals surface area contributed by atoms with E-state index in [0.717, 1.165) is 20.5 Å². The number of nitrogens with zero attached hydrogens (tertiary/aromatic N) is 1. The molecule has 1 atom stereocenters. The Hall–Kier alpha value is -1.79. The van der Waals surface area contributed by atoms with Crippen LogP contribution in [0.15, 0.2) is 23.6 Å². The minimum Gasteiger partial charge on any atom is -0.480 e. The highest BCUT2D eigenvalue weighted by Gasteiger charge is 2.30. The molecular weight excluding hydrogens is 350 g/mol. The van der Waals surface area contributed by atoms with Crippen LogP contribution < -0.4 is 0 Å². The molecule has 0 unspecified atom stereocenters. The monoisotopic (exact) mass is 369 g/mol. The number of carboxylic acids is 1. The van der Waals surface area contributed by atoms with Crippen molar-refractivity contribution in [2.75, 3.05) is 7.05 Å². The van der Waals surface area contributed by atoms with Crippen LogP contribution >= 0.6 is 22.9 Å². The molecule has 1 aromatic carbocycles. The molecule has 0 aliphatic heterocycles. The first-order chi connectivity index (χ1) is 11.1. The normalized spacial score (nSPS) is 12.9. The largest absolute Gasteiger partial charge is 0.480 e. The minimum atomic E-state index is -1.08. The van der Waals surface area contributed by atoms with Gasteiger partial charge in [0.2, 0.25) is 0 Å². The predicted octanol–water partition coefficient (Wildman–Crippen LogP) is 4.42. The van der Waals surface area contributed by atoms with Gasteiger partial charge in [-0.2, -0.15) is 0 Å². The Morgan fingerprint density at radius 3 is 2.62 bits per heavy atom. The molecule has 0 aliphatic carbocycles. The van der Waals surface area contributed by atoms with Crippen LogP contribution in [0.2, 0.25) is 5.02 Å². The molecule has 1 aromatic heterocycles. The van der Waals surface area contributed by atoms with Gasteiger partial charge in [-0.05, 0) is 55.3 Å². The number of ether oxygens (including phenoxy) is 1. The molecule has 1 N–H and O–H groups in total. The van der Waals surface area contributed by atoms with E-state index in [1.807, 2.05) is 17.5 Å². The average Bonchev–Trinajstić information content (AvgIpc) is 2.84. The predicted molar refractivity (Wildman–Crippen MR) is 96.0 cm³/mol. The second-order valence-corrected chi connectivity index (χ2v) is 7.90. The fourth-order valence-corrected chi connectivity index (χ4v) is 3.40. The molecule has 0 spiro atoms. The van der Waals surface area contributed by atoms with Gasteiger partial charge in [0.1, 0.15) is 11.6 Å². The summed E-state index contributed by atoms with van der Waals surface area (Å²) in [5.41, 5.74) is 0.164. The van der Waals surface area contributed by atoms with Crippen LogP contribution in [0, 0.1) is 0 Å². The van der Waals surface area contributed by atoms with Gasteiger partial charge >= 0.3 is 12.1 Å². The number of aliphatic carboxylic acids is 1. The van der Waals surface area contributed by atoms with Crippen molar-refractivity contribution in [3.8, 4) is 0 Å². The van der Waals surface area contributed by atoms with E-state index in [-0.39, 0.29) is 6.42 Å². The highest BCUT2D eigenvalue weighted by Crippen LogP contribution is 2.30. The van der Waals surface area contributed by atoms with E-state index in [9.17, 15) is 14.7 Å². The Balaban J connectivity index is 2.26. The quantitative estimate of drug-likeness (QED) is 0.866. The van der Waals surface area contributed by atoms with Gasteiger partial charge in [-0.25, -0.2) is 9.59 Å². The van der Waals surface area contributed by atoms with Gasteiger partial charge in [-0.3, -0.25) is 4.90 Å². The second kappa shape index (κ2) is 6.99. The third-order valence-corrected chi connectivity index (χ3v) is 4.71. The van der Waals surface area contributed by atoms with E-state index in [1.54, 1.807) is 26.8 Å². The van der Waals surface area contributed by atoms with Crippen molar-refractivity contribution >= 4 is 45.1 Å². The van der Waals surface area contributed by atoms with Crippen LogP contribution in [0.1, 0.15) is 26.3 Å². The van der Waals surface area contributed by atoms with Gasteiger partial charge in [0, 0.05) is 23.2 Å². The average molecular weight is 370 g/mol. The highest BCUT2D eigenvalue weighted by atomic mass is 35.5. The zero-order valence-corrected chi connectivity index (χ0v) is 15.6. The summed E-state index contributed by atoms with van der Waals surface area (Å²) in [6.07, 6.45) is -0.474. The molecule has 0 saturated carbocycles. The van der Waals surface area contributed by atoms with Gasteiger partial charge in [0.05, 0.1) is 0 Å². The van der Waals surface area contributed by atoms with Crippen LogP contribution in [0.25, 0.3) is 10.1 Å². The van der Waals surface area contributed by atoms with E-state index >= 15 is 0 Å². The molecule has 0 radical (unpaired) electrons. The van der Waals surface area contributed by atoms with E-state index in [2.05, 4.69) is 0 Å². The van der Waals surface area contributed by atoms with Crippen LogP contribution in [0.5, 0.6) is 0 Å². The maximum absolute atomic E-state index is 12.2. The van der Waals surface area contributed by atoms with Crippen LogP contribution in [0.3, 0.4) is 0 Å². The van der Waals surface area contributed by atoms with Crippen molar-refractivity contribution in [2.24, 2.45) is 0 Å². The maximum atomic E-state index is 12.2. The Morgan fingerprint density at radius 2 is 2.04 bits per heavy atom. The Kier molecular flexibility index (Phi) is 5.40. The number of carboxylic acid groups (broad SMARTS) is 1. The standard InChI is InChI=1S/C17H20ClNO4S/c1-17(2,3)23-16(22)19(4)13(15(20)21)7-10-9-24-14-6-5-11(18)8-12(10)14/h5-6,8-9,13H,7H2,1-4H3,(H,20,21)/t13-/m1/s1. The number of halogens is 1. The van der Waals surface area contributed by atoms with Crippen molar-refractivity contribution in [1.82, 2.24) is 4.90 Å². The van der Waals surface area contributed by atoms with Crippen LogP contribution in [-0.4, -0.2) is 40.8 Å². The summed E-state index contributed by atoms with van der Waals surface area (Å²) in [5.74, 6) is -1.08. The van der Waals surface area contributed by atoms with Crippen molar-refractivity contribution in [1.29, 1.82) is 0 Å². The molecule has 1 amide bonds. The molecule has 0 bridgehead atoms. The van der Waals surface area contributed by atoms with Crippen molar-refractivity contribution in [3.63, 3.8) is 0 Å². The number of likely N-dealkylation sites (N-methyl/N-ethyl adjacent to an activating group) is 1. The second-order valence-electron chi connectivity index (χ2n) is 6.55. The third-order valence-electron chi connectivity index (χ3n) is 3.46. The summed E-state index contributed by atoms with van der Waals surface area (Å²) >= 11 is 7.56.